The quantitative estimate of drug-likeness (QED) is 0.220. The molecule has 5 aromatic rings. The molecule has 0 bridgehead atoms. The third-order valence-electron chi connectivity index (χ3n) is 6.84. The molecule has 3 N–H and O–H groups in total. The number of halogens is 2. The molecule has 0 spiro atoms. The van der Waals surface area contributed by atoms with Crippen molar-refractivity contribution in [2.45, 2.75) is 6.92 Å². The Morgan fingerprint density at radius 3 is 2.32 bits per heavy atom. The molecule has 44 heavy (non-hydrogen) atoms. The second kappa shape index (κ2) is 12.4. The van der Waals surface area contributed by atoms with Gasteiger partial charge in [-0.05, 0) is 60.7 Å². The number of carbonyl (C=O) groups excluding carboxylic acids is 2. The Hall–Kier alpha value is -5.56. The van der Waals surface area contributed by atoms with Crippen LogP contribution in [0.3, 0.4) is 0 Å². The highest BCUT2D eigenvalue weighted by Gasteiger charge is 2.21. The highest BCUT2D eigenvalue weighted by atomic mass is 19.1. The van der Waals surface area contributed by atoms with E-state index in [1.54, 1.807) is 54.7 Å². The smallest absolute Gasteiger partial charge is 0.323 e. The number of fused-ring (bicyclic) bond motifs is 1. The van der Waals surface area contributed by atoms with Gasteiger partial charge in [0.2, 0.25) is 11.9 Å². The normalized spacial score (nSPS) is 13.0. The van der Waals surface area contributed by atoms with E-state index < -0.39 is 17.8 Å². The Labute approximate surface area is 250 Å². The molecule has 0 radical (unpaired) electrons. The van der Waals surface area contributed by atoms with Crippen LogP contribution in [0, 0.1) is 11.8 Å². The maximum Gasteiger partial charge on any atom is 0.323 e. The van der Waals surface area contributed by atoms with Gasteiger partial charge in [-0.3, -0.25) is 9.78 Å². The minimum Gasteiger partial charge on any atom is -0.378 e. The Morgan fingerprint density at radius 1 is 0.864 bits per heavy atom. The van der Waals surface area contributed by atoms with Gasteiger partial charge < -0.3 is 25.6 Å². The van der Waals surface area contributed by atoms with Crippen LogP contribution in [0.1, 0.15) is 6.92 Å². The summed E-state index contributed by atoms with van der Waals surface area (Å²) in [6.45, 7) is 3.57. The van der Waals surface area contributed by atoms with Gasteiger partial charge in [-0.25, -0.2) is 24.1 Å². The third-order valence-corrected chi connectivity index (χ3v) is 6.84. The van der Waals surface area contributed by atoms with E-state index in [1.807, 2.05) is 4.90 Å². The summed E-state index contributed by atoms with van der Waals surface area (Å²) in [5, 5.41) is 7.76. The Balaban J connectivity index is 1.28. The zero-order valence-corrected chi connectivity index (χ0v) is 23.5. The molecule has 0 aliphatic carbocycles. The van der Waals surface area contributed by atoms with E-state index in [1.165, 1.54) is 25.3 Å². The molecule has 11 nitrogen and oxygen atoms in total. The third kappa shape index (κ3) is 6.27. The van der Waals surface area contributed by atoms with Crippen molar-refractivity contribution in [3.05, 3.63) is 84.8 Å². The van der Waals surface area contributed by atoms with Gasteiger partial charge in [0.1, 0.15) is 11.3 Å². The largest absolute Gasteiger partial charge is 0.378 e. The minimum atomic E-state index is -0.695. The number of rotatable bonds is 6. The number of nitrogens with zero attached hydrogens (tertiary/aromatic N) is 5. The van der Waals surface area contributed by atoms with E-state index in [0.717, 1.165) is 0 Å². The van der Waals surface area contributed by atoms with Gasteiger partial charge in [-0.15, -0.1) is 0 Å². The highest BCUT2D eigenvalue weighted by Crippen LogP contribution is 2.31. The predicted octanol–water partition coefficient (Wildman–Crippen LogP) is 5.47. The molecule has 3 amide bonds. The van der Waals surface area contributed by atoms with E-state index in [9.17, 15) is 14.0 Å². The van der Waals surface area contributed by atoms with Gasteiger partial charge in [-0.1, -0.05) is 0 Å². The molecule has 0 atom stereocenters. The van der Waals surface area contributed by atoms with Crippen molar-refractivity contribution in [2.75, 3.05) is 47.2 Å². The fourth-order valence-electron chi connectivity index (χ4n) is 4.76. The molecular formula is C31H26F2N8O3. The first kappa shape index (κ1) is 28.6. The summed E-state index contributed by atoms with van der Waals surface area (Å²) in [4.78, 5) is 43.5. The van der Waals surface area contributed by atoms with Crippen LogP contribution in [0.5, 0.6) is 0 Å². The lowest BCUT2D eigenvalue weighted by Gasteiger charge is -2.28. The summed E-state index contributed by atoms with van der Waals surface area (Å²) < 4.78 is 35.2. The number of anilines is 4. The van der Waals surface area contributed by atoms with Crippen LogP contribution >= 0.6 is 0 Å². The van der Waals surface area contributed by atoms with Crippen molar-refractivity contribution >= 4 is 45.9 Å². The van der Waals surface area contributed by atoms with Crippen molar-refractivity contribution in [1.82, 2.24) is 19.9 Å². The highest BCUT2D eigenvalue weighted by molar-refractivity contribution is 6.00. The summed E-state index contributed by atoms with van der Waals surface area (Å²) in [5.41, 5.74) is 3.08. The summed E-state index contributed by atoms with van der Waals surface area (Å²) in [6, 6.07) is 15.0. The molecule has 1 aliphatic rings. The topological polar surface area (TPSA) is 134 Å². The average Bonchev–Trinajstić information content (AvgIpc) is 3.02. The number of hydrogen-bond donors (Lipinski definition) is 3. The lowest BCUT2D eigenvalue weighted by atomic mass is 10.1. The molecule has 3 aromatic heterocycles. The van der Waals surface area contributed by atoms with Crippen LogP contribution < -0.4 is 20.9 Å². The molecule has 1 aliphatic heterocycles. The van der Waals surface area contributed by atoms with Crippen molar-refractivity contribution in [3.8, 4) is 22.5 Å². The number of nitrogens with one attached hydrogen (secondary N) is 3. The van der Waals surface area contributed by atoms with Gasteiger partial charge in [-0.2, -0.15) is 4.39 Å². The van der Waals surface area contributed by atoms with E-state index in [0.29, 0.717) is 65.7 Å². The number of morpholine rings is 1. The van der Waals surface area contributed by atoms with Crippen LogP contribution in [0.15, 0.2) is 73.1 Å². The van der Waals surface area contributed by atoms with Gasteiger partial charge in [0.05, 0.1) is 24.4 Å². The van der Waals surface area contributed by atoms with Crippen LogP contribution in [-0.4, -0.2) is 58.2 Å². The summed E-state index contributed by atoms with van der Waals surface area (Å²) in [7, 11) is 0. The van der Waals surface area contributed by atoms with Crippen molar-refractivity contribution in [3.63, 3.8) is 0 Å². The minimum absolute atomic E-state index is 0.0497. The maximum absolute atomic E-state index is 15.3. The molecule has 0 saturated carbocycles. The molecule has 222 valence electrons. The Morgan fingerprint density at radius 2 is 1.61 bits per heavy atom. The first-order valence-electron chi connectivity index (χ1n) is 13.7. The number of pyridine rings is 2. The lowest BCUT2D eigenvalue weighted by molar-refractivity contribution is -0.114. The predicted molar refractivity (Wildman–Crippen MR) is 162 cm³/mol. The molecule has 0 unspecified atom stereocenters. The van der Waals surface area contributed by atoms with Gasteiger partial charge in [0, 0.05) is 60.5 Å². The van der Waals surface area contributed by atoms with Crippen LogP contribution in [-0.2, 0) is 9.53 Å². The van der Waals surface area contributed by atoms with Crippen LogP contribution in [0.2, 0.25) is 0 Å². The number of aromatic nitrogens is 4. The van der Waals surface area contributed by atoms with Crippen molar-refractivity contribution in [1.29, 1.82) is 0 Å². The van der Waals surface area contributed by atoms with E-state index in [2.05, 4.69) is 30.9 Å². The summed E-state index contributed by atoms with van der Waals surface area (Å²) in [5.74, 6) is -0.751. The standard InChI is InChI=1S/C31H26F2N8O3/c1-18(42)36-21-5-7-22(8-6-21)37-31(43)39-25-9-4-19(15-24(25)32)29-38-26-16-20(23-3-2-10-34-28(23)33)17-35-27(26)30(40-29)41-11-13-44-14-12-41/h2-10,15-17H,11-14H2,1H3,(H,36,42)(H2,37,39,43). The molecule has 1 fully saturated rings. The number of ether oxygens (including phenoxy) is 1. The number of hydrogen-bond acceptors (Lipinski definition) is 8. The Bertz CT molecular complexity index is 1860. The number of benzene rings is 2. The average molecular weight is 597 g/mol. The SMILES string of the molecule is CC(=O)Nc1ccc(NC(=O)Nc2ccc(-c3nc(N4CCOCC4)c4ncc(-c5cccnc5F)cc4n3)cc2F)cc1. The molecule has 6 rings (SSSR count). The number of amides is 3. The van der Waals surface area contributed by atoms with Crippen molar-refractivity contribution in [2.24, 2.45) is 0 Å². The van der Waals surface area contributed by atoms with E-state index in [-0.39, 0.29) is 23.0 Å². The summed E-state index contributed by atoms with van der Waals surface area (Å²) in [6.07, 6.45) is 2.92. The number of carbonyl (C=O) groups is 2. The molecule has 4 heterocycles. The van der Waals surface area contributed by atoms with Gasteiger partial charge in [0.25, 0.3) is 0 Å². The van der Waals surface area contributed by atoms with Gasteiger partial charge >= 0.3 is 6.03 Å². The second-order valence-corrected chi connectivity index (χ2v) is 9.94. The van der Waals surface area contributed by atoms with E-state index in [4.69, 9.17) is 9.72 Å². The van der Waals surface area contributed by atoms with Gasteiger partial charge in [0.15, 0.2) is 11.6 Å². The molecule has 2 aromatic carbocycles. The molecule has 1 saturated heterocycles. The van der Waals surface area contributed by atoms with Crippen LogP contribution in [0.4, 0.5) is 36.5 Å². The molecule has 13 heteroatoms. The second-order valence-electron chi connectivity index (χ2n) is 9.94. The number of urea groups is 1. The zero-order chi connectivity index (χ0) is 30.6. The van der Waals surface area contributed by atoms with E-state index >= 15 is 4.39 Å². The maximum atomic E-state index is 15.3. The molecular weight excluding hydrogens is 570 g/mol. The monoisotopic (exact) mass is 596 g/mol. The Kier molecular flexibility index (Phi) is 8.02. The lowest BCUT2D eigenvalue weighted by Crippen LogP contribution is -2.37. The fourth-order valence-corrected chi connectivity index (χ4v) is 4.76. The summed E-state index contributed by atoms with van der Waals surface area (Å²) >= 11 is 0. The zero-order valence-electron chi connectivity index (χ0n) is 23.5. The fraction of sp³-hybridized carbons (Fsp3) is 0.161. The first-order chi connectivity index (χ1) is 21.3. The first-order valence-corrected chi connectivity index (χ1v) is 13.7. The van der Waals surface area contributed by atoms with Crippen molar-refractivity contribution < 1.29 is 23.1 Å². The van der Waals surface area contributed by atoms with Crippen LogP contribution in [0.25, 0.3) is 33.5 Å².